The average Bonchev–Trinajstić information content (AvgIpc) is 2.28. The van der Waals surface area contributed by atoms with Gasteiger partial charge >= 0.3 is 5.97 Å². The van der Waals surface area contributed by atoms with Gasteiger partial charge in [0.25, 0.3) is 0 Å². The molecule has 0 bridgehead atoms. The highest BCUT2D eigenvalue weighted by molar-refractivity contribution is 5.77. The highest BCUT2D eigenvalue weighted by atomic mass is 16.5. The Kier molecular flexibility index (Phi) is 3.96. The molecule has 0 aliphatic carbocycles. The van der Waals surface area contributed by atoms with Crippen LogP contribution in [0.5, 0.6) is 11.5 Å². The second kappa shape index (κ2) is 5.05. The number of rotatable bonds is 5. The molecular formula is C12H16O5. The van der Waals surface area contributed by atoms with E-state index in [1.54, 1.807) is 18.2 Å². The SMILES string of the molecule is COc1ccc(C[C@@](C)(O)C(=O)O)cc1OC. The third-order valence-corrected chi connectivity index (χ3v) is 2.46. The Morgan fingerprint density at radius 3 is 2.35 bits per heavy atom. The van der Waals surface area contributed by atoms with Gasteiger partial charge in [0.2, 0.25) is 0 Å². The highest BCUT2D eigenvalue weighted by Gasteiger charge is 2.30. The number of ether oxygens (including phenoxy) is 2. The van der Waals surface area contributed by atoms with Crippen LogP contribution in [-0.4, -0.2) is 36.0 Å². The van der Waals surface area contributed by atoms with Gasteiger partial charge in [0, 0.05) is 6.42 Å². The number of hydrogen-bond acceptors (Lipinski definition) is 4. The van der Waals surface area contributed by atoms with Crippen molar-refractivity contribution >= 4 is 5.97 Å². The maximum Gasteiger partial charge on any atom is 0.335 e. The van der Waals surface area contributed by atoms with E-state index < -0.39 is 11.6 Å². The Morgan fingerprint density at radius 2 is 1.88 bits per heavy atom. The molecule has 0 heterocycles. The summed E-state index contributed by atoms with van der Waals surface area (Å²) in [5, 5.41) is 18.5. The zero-order valence-corrected chi connectivity index (χ0v) is 10.1. The van der Waals surface area contributed by atoms with Crippen molar-refractivity contribution in [3.8, 4) is 11.5 Å². The molecule has 1 aromatic rings. The van der Waals surface area contributed by atoms with Gasteiger partial charge in [-0.15, -0.1) is 0 Å². The number of methoxy groups -OCH3 is 2. The van der Waals surface area contributed by atoms with Crippen molar-refractivity contribution in [2.75, 3.05) is 14.2 Å². The van der Waals surface area contributed by atoms with E-state index in [2.05, 4.69) is 0 Å². The predicted octanol–water partition coefficient (Wildman–Crippen LogP) is 1.08. The molecule has 94 valence electrons. The average molecular weight is 240 g/mol. The lowest BCUT2D eigenvalue weighted by Gasteiger charge is -2.18. The van der Waals surface area contributed by atoms with E-state index in [4.69, 9.17) is 14.6 Å². The van der Waals surface area contributed by atoms with Gasteiger partial charge < -0.3 is 19.7 Å². The van der Waals surface area contributed by atoms with Crippen LogP contribution in [0.3, 0.4) is 0 Å². The van der Waals surface area contributed by atoms with Gasteiger partial charge in [-0.25, -0.2) is 4.79 Å². The minimum absolute atomic E-state index is 0.00267. The molecule has 0 aliphatic heterocycles. The smallest absolute Gasteiger partial charge is 0.335 e. The summed E-state index contributed by atoms with van der Waals surface area (Å²) in [7, 11) is 3.02. The number of carbonyl (C=O) groups is 1. The Labute approximate surface area is 99.6 Å². The van der Waals surface area contributed by atoms with Crippen LogP contribution < -0.4 is 9.47 Å². The van der Waals surface area contributed by atoms with E-state index in [-0.39, 0.29) is 6.42 Å². The lowest BCUT2D eigenvalue weighted by Crippen LogP contribution is -2.37. The summed E-state index contributed by atoms with van der Waals surface area (Å²) in [6.07, 6.45) is 0.00267. The molecule has 17 heavy (non-hydrogen) atoms. The third-order valence-electron chi connectivity index (χ3n) is 2.46. The first-order chi connectivity index (χ1) is 7.90. The molecule has 0 radical (unpaired) electrons. The summed E-state index contributed by atoms with van der Waals surface area (Å²) < 4.78 is 10.2. The molecule has 5 nitrogen and oxygen atoms in total. The van der Waals surface area contributed by atoms with Gasteiger partial charge in [0.15, 0.2) is 17.1 Å². The van der Waals surface area contributed by atoms with Gasteiger partial charge in [0.1, 0.15) is 0 Å². The van der Waals surface area contributed by atoms with E-state index in [1.807, 2.05) is 0 Å². The minimum Gasteiger partial charge on any atom is -0.493 e. The largest absolute Gasteiger partial charge is 0.493 e. The number of benzene rings is 1. The van der Waals surface area contributed by atoms with Crippen molar-refractivity contribution in [1.82, 2.24) is 0 Å². The van der Waals surface area contributed by atoms with Crippen LogP contribution in [0, 0.1) is 0 Å². The Morgan fingerprint density at radius 1 is 1.29 bits per heavy atom. The Bertz CT molecular complexity index is 411. The van der Waals surface area contributed by atoms with Gasteiger partial charge in [0.05, 0.1) is 14.2 Å². The fourth-order valence-electron chi connectivity index (χ4n) is 1.46. The predicted molar refractivity (Wildman–Crippen MR) is 61.5 cm³/mol. The summed E-state index contributed by atoms with van der Waals surface area (Å²) in [4.78, 5) is 10.8. The van der Waals surface area contributed by atoms with Crippen LogP contribution in [0.25, 0.3) is 0 Å². The highest BCUT2D eigenvalue weighted by Crippen LogP contribution is 2.29. The Balaban J connectivity index is 2.97. The van der Waals surface area contributed by atoms with Crippen molar-refractivity contribution in [2.24, 2.45) is 0 Å². The lowest BCUT2D eigenvalue weighted by atomic mass is 9.96. The minimum atomic E-state index is -1.79. The normalized spacial score (nSPS) is 13.9. The van der Waals surface area contributed by atoms with E-state index in [9.17, 15) is 9.90 Å². The molecule has 0 saturated carbocycles. The molecule has 5 heteroatoms. The van der Waals surface area contributed by atoms with E-state index >= 15 is 0 Å². The maximum atomic E-state index is 10.8. The van der Waals surface area contributed by atoms with Crippen molar-refractivity contribution < 1.29 is 24.5 Å². The van der Waals surface area contributed by atoms with Crippen molar-refractivity contribution in [3.05, 3.63) is 23.8 Å². The van der Waals surface area contributed by atoms with E-state index in [0.29, 0.717) is 17.1 Å². The fraction of sp³-hybridized carbons (Fsp3) is 0.417. The summed E-state index contributed by atoms with van der Waals surface area (Å²) in [6, 6.07) is 5.01. The van der Waals surface area contributed by atoms with Gasteiger partial charge in [-0.3, -0.25) is 0 Å². The van der Waals surface area contributed by atoms with E-state index in [1.165, 1.54) is 21.1 Å². The van der Waals surface area contributed by atoms with Crippen LogP contribution in [0.2, 0.25) is 0 Å². The number of hydrogen-bond donors (Lipinski definition) is 2. The molecule has 1 aromatic carbocycles. The van der Waals surface area contributed by atoms with Gasteiger partial charge in [-0.05, 0) is 24.6 Å². The third kappa shape index (κ3) is 3.10. The first-order valence-corrected chi connectivity index (χ1v) is 5.07. The molecule has 0 spiro atoms. The molecule has 1 atom stereocenters. The molecule has 0 aromatic heterocycles. The first kappa shape index (κ1) is 13.3. The number of aliphatic hydroxyl groups is 1. The number of aliphatic carboxylic acids is 1. The zero-order valence-electron chi connectivity index (χ0n) is 10.1. The van der Waals surface area contributed by atoms with Gasteiger partial charge in [-0.2, -0.15) is 0 Å². The van der Waals surface area contributed by atoms with Gasteiger partial charge in [-0.1, -0.05) is 6.07 Å². The molecule has 0 amide bonds. The number of carboxylic acids is 1. The van der Waals surface area contributed by atoms with Crippen LogP contribution in [-0.2, 0) is 11.2 Å². The summed E-state index contributed by atoms with van der Waals surface area (Å²) in [5.74, 6) is -0.190. The van der Waals surface area contributed by atoms with Crippen molar-refractivity contribution in [1.29, 1.82) is 0 Å². The van der Waals surface area contributed by atoms with E-state index in [0.717, 1.165) is 0 Å². The monoisotopic (exact) mass is 240 g/mol. The van der Waals surface area contributed by atoms with Crippen molar-refractivity contribution in [2.45, 2.75) is 18.9 Å². The molecule has 0 aliphatic rings. The fourth-order valence-corrected chi connectivity index (χ4v) is 1.46. The Hall–Kier alpha value is -1.75. The second-order valence-corrected chi connectivity index (χ2v) is 3.95. The summed E-state index contributed by atoms with van der Waals surface area (Å²) in [5.41, 5.74) is -1.13. The standard InChI is InChI=1S/C12H16O5/c1-12(15,11(13)14)7-8-4-5-9(16-2)10(6-8)17-3/h4-6,15H,7H2,1-3H3,(H,13,14)/t12-/m1/s1. The quantitative estimate of drug-likeness (QED) is 0.805. The molecule has 0 saturated heterocycles. The number of carboxylic acid groups (broad SMARTS) is 1. The van der Waals surface area contributed by atoms with Crippen LogP contribution in [0.15, 0.2) is 18.2 Å². The lowest BCUT2D eigenvalue weighted by molar-refractivity contribution is -0.156. The maximum absolute atomic E-state index is 10.8. The molecule has 0 unspecified atom stereocenters. The molecule has 2 N–H and O–H groups in total. The molecular weight excluding hydrogens is 224 g/mol. The van der Waals surface area contributed by atoms with Crippen molar-refractivity contribution in [3.63, 3.8) is 0 Å². The topological polar surface area (TPSA) is 76.0 Å². The van der Waals surface area contributed by atoms with Crippen LogP contribution in [0.1, 0.15) is 12.5 Å². The molecule has 1 rings (SSSR count). The van der Waals surface area contributed by atoms with Crippen LogP contribution in [0.4, 0.5) is 0 Å². The zero-order chi connectivity index (χ0) is 13.1. The first-order valence-electron chi connectivity index (χ1n) is 5.07. The summed E-state index contributed by atoms with van der Waals surface area (Å²) in [6.45, 7) is 1.26. The second-order valence-electron chi connectivity index (χ2n) is 3.95. The summed E-state index contributed by atoms with van der Waals surface area (Å²) >= 11 is 0. The molecule has 0 fully saturated rings. The van der Waals surface area contributed by atoms with Crippen LogP contribution >= 0.6 is 0 Å².